The minimum absolute atomic E-state index is 0.228. The minimum Gasteiger partial charge on any atom is -0.340 e. The number of carbonyl (C=O) groups is 1. The number of amides is 1. The number of thiocarbonyl (C=S) groups is 1. The summed E-state index contributed by atoms with van der Waals surface area (Å²) in [5, 5.41) is 11.8. The highest BCUT2D eigenvalue weighted by atomic mass is 80.0. The van der Waals surface area contributed by atoms with Crippen LogP contribution in [-0.2, 0) is 0 Å². The molecule has 3 rings (SSSR count). The maximum atomic E-state index is 12.5. The Hall–Kier alpha value is -1.48. The predicted molar refractivity (Wildman–Crippen MR) is 131 cm³/mol. The smallest absolute Gasteiger partial charge is 0.252 e. The van der Waals surface area contributed by atoms with Gasteiger partial charge in [0.05, 0.1) is 0 Å². The molecule has 1 unspecified atom stereocenters. The number of anilines is 1. The van der Waals surface area contributed by atoms with Gasteiger partial charge in [-0.25, -0.2) is 0 Å². The first-order valence-corrected chi connectivity index (χ1v) is 11.1. The lowest BCUT2D eigenvalue weighted by molar-refractivity contribution is 0.0936. The summed E-state index contributed by atoms with van der Waals surface area (Å²) >= 11 is 15.9. The van der Waals surface area contributed by atoms with Crippen LogP contribution in [0.15, 0.2) is 72.8 Å². The zero-order valence-electron chi connectivity index (χ0n) is 14.5. The van der Waals surface area contributed by atoms with Crippen LogP contribution < -0.4 is 16.0 Å². The number of rotatable bonds is 4. The average molecular weight is 586 g/mol. The molecule has 0 aromatic heterocycles. The normalized spacial score (nSPS) is 12.2. The molecule has 28 heavy (non-hydrogen) atoms. The van der Waals surface area contributed by atoms with Gasteiger partial charge < -0.3 is 16.0 Å². The molecule has 0 heterocycles. The van der Waals surface area contributed by atoms with Gasteiger partial charge in [0.15, 0.2) is 7.26 Å². The molecule has 0 aliphatic rings. The van der Waals surface area contributed by atoms with Crippen LogP contribution in [0.2, 0.25) is 0 Å². The van der Waals surface area contributed by atoms with Crippen molar-refractivity contribution in [1.29, 1.82) is 0 Å². The molecule has 0 aliphatic carbocycles. The number of halogens is 3. The van der Waals surface area contributed by atoms with Gasteiger partial charge in [0.1, 0.15) is 6.17 Å². The van der Waals surface area contributed by atoms with Crippen LogP contribution in [0.25, 0.3) is 10.8 Å². The molecule has 0 fully saturated rings. The monoisotopic (exact) mass is 583 g/mol. The van der Waals surface area contributed by atoms with Crippen molar-refractivity contribution in [2.75, 3.05) is 5.32 Å². The van der Waals surface area contributed by atoms with Crippen molar-refractivity contribution in [2.45, 2.75) is 8.31 Å². The van der Waals surface area contributed by atoms with Crippen LogP contribution in [0.1, 0.15) is 10.4 Å². The zero-order chi connectivity index (χ0) is 20.1. The molecule has 8 heteroatoms. The fourth-order valence-corrected chi connectivity index (χ4v) is 3.54. The zero-order valence-corrected chi connectivity index (χ0v) is 20.0. The van der Waals surface area contributed by atoms with E-state index in [1.807, 2.05) is 60.7 Å². The lowest BCUT2D eigenvalue weighted by Crippen LogP contribution is -2.55. The predicted octanol–water partition coefficient (Wildman–Crippen LogP) is 5.72. The highest BCUT2D eigenvalue weighted by Gasteiger charge is 2.33. The van der Waals surface area contributed by atoms with Crippen molar-refractivity contribution in [3.05, 3.63) is 78.4 Å². The third kappa shape index (κ3) is 5.53. The molecule has 1 atom stereocenters. The van der Waals surface area contributed by atoms with Gasteiger partial charge in [-0.1, -0.05) is 102 Å². The molecule has 0 saturated carbocycles. The molecule has 3 aromatic rings. The van der Waals surface area contributed by atoms with Gasteiger partial charge in [-0.15, -0.1) is 0 Å². The molecular formula is C20H16Br3N3OS. The van der Waals surface area contributed by atoms with Crippen molar-refractivity contribution < 1.29 is 4.79 Å². The number of carbonyl (C=O) groups excluding carboxylic acids is 1. The largest absolute Gasteiger partial charge is 0.340 e. The number of hydrogen-bond donors (Lipinski definition) is 3. The van der Waals surface area contributed by atoms with E-state index >= 15 is 0 Å². The Labute approximate surface area is 193 Å². The van der Waals surface area contributed by atoms with Crippen LogP contribution in [0.3, 0.4) is 0 Å². The van der Waals surface area contributed by atoms with Crippen molar-refractivity contribution >= 4 is 87.5 Å². The van der Waals surface area contributed by atoms with Gasteiger partial charge in [0.25, 0.3) is 5.91 Å². The van der Waals surface area contributed by atoms with E-state index in [1.165, 1.54) is 0 Å². The Kier molecular flexibility index (Phi) is 7.09. The van der Waals surface area contributed by atoms with E-state index in [-0.39, 0.29) is 5.91 Å². The number of benzene rings is 3. The Morgan fingerprint density at radius 2 is 1.50 bits per heavy atom. The molecule has 4 nitrogen and oxygen atoms in total. The minimum atomic E-state index is -0.804. The lowest BCUT2D eigenvalue weighted by Gasteiger charge is -2.29. The van der Waals surface area contributed by atoms with E-state index in [1.54, 1.807) is 12.1 Å². The highest BCUT2D eigenvalue weighted by Crippen LogP contribution is 2.36. The molecule has 1 amide bonds. The van der Waals surface area contributed by atoms with Gasteiger partial charge in [-0.05, 0) is 35.8 Å². The highest BCUT2D eigenvalue weighted by molar-refractivity contribution is 9.39. The molecule has 0 spiro atoms. The topological polar surface area (TPSA) is 53.2 Å². The summed E-state index contributed by atoms with van der Waals surface area (Å²) in [5.41, 5.74) is 1.44. The van der Waals surface area contributed by atoms with Crippen LogP contribution in [-0.4, -0.2) is 19.3 Å². The second kappa shape index (κ2) is 9.35. The number of hydrogen-bond acceptors (Lipinski definition) is 2. The number of fused-ring (bicyclic) bond motifs is 1. The van der Waals surface area contributed by atoms with Crippen LogP contribution >= 0.6 is 60.0 Å². The van der Waals surface area contributed by atoms with E-state index < -0.39 is 8.31 Å². The first-order valence-electron chi connectivity index (χ1n) is 8.32. The third-order valence-electron chi connectivity index (χ3n) is 3.95. The van der Waals surface area contributed by atoms with Gasteiger partial charge in [-0.2, -0.15) is 0 Å². The molecule has 3 N–H and O–H groups in total. The summed E-state index contributed by atoms with van der Waals surface area (Å²) in [6.07, 6.45) is -0.588. The van der Waals surface area contributed by atoms with Gasteiger partial charge >= 0.3 is 0 Å². The molecule has 144 valence electrons. The Morgan fingerprint density at radius 3 is 2.21 bits per heavy atom. The Bertz CT molecular complexity index is 987. The van der Waals surface area contributed by atoms with Gasteiger partial charge in [0.2, 0.25) is 0 Å². The van der Waals surface area contributed by atoms with E-state index in [0.717, 1.165) is 16.5 Å². The van der Waals surface area contributed by atoms with E-state index in [0.29, 0.717) is 10.7 Å². The van der Waals surface area contributed by atoms with Crippen molar-refractivity contribution in [3.8, 4) is 0 Å². The van der Waals surface area contributed by atoms with Crippen LogP contribution in [0.4, 0.5) is 5.69 Å². The summed E-state index contributed by atoms with van der Waals surface area (Å²) < 4.78 is -0.804. The molecular weight excluding hydrogens is 570 g/mol. The first-order chi connectivity index (χ1) is 13.3. The molecule has 0 bridgehead atoms. The quantitative estimate of drug-likeness (QED) is 0.208. The van der Waals surface area contributed by atoms with Crippen LogP contribution in [0.5, 0.6) is 0 Å². The Morgan fingerprint density at radius 1 is 0.857 bits per heavy atom. The van der Waals surface area contributed by atoms with Crippen molar-refractivity contribution in [2.24, 2.45) is 0 Å². The fraction of sp³-hybridized carbons (Fsp3) is 0.100. The second-order valence-electron chi connectivity index (χ2n) is 5.94. The van der Waals surface area contributed by atoms with Crippen molar-refractivity contribution in [3.63, 3.8) is 0 Å². The summed E-state index contributed by atoms with van der Waals surface area (Å²) in [7, 11) is 0. The second-order valence-corrected chi connectivity index (χ2v) is 13.3. The molecule has 0 radical (unpaired) electrons. The van der Waals surface area contributed by atoms with E-state index in [2.05, 4.69) is 63.7 Å². The Balaban J connectivity index is 1.74. The van der Waals surface area contributed by atoms with Crippen LogP contribution in [0, 0.1) is 0 Å². The summed E-state index contributed by atoms with van der Waals surface area (Å²) in [4.78, 5) is 12.5. The number of nitrogens with one attached hydrogen (secondary N) is 3. The number of alkyl halides is 3. The standard InChI is InChI=1S/C20H16Br3N3OS/c21-20(22,23)18(25-17(27)14-8-2-1-3-9-14)26-19(28)24-16-12-6-10-13-7-4-5-11-15(13)16/h1-12,18H,(H,25,27)(H2,24,26,28). The summed E-state index contributed by atoms with van der Waals surface area (Å²) in [6, 6.07) is 23.0. The molecule has 0 aliphatic heterocycles. The van der Waals surface area contributed by atoms with Gasteiger partial charge in [-0.3, -0.25) is 4.79 Å². The average Bonchev–Trinajstić information content (AvgIpc) is 2.67. The summed E-state index contributed by atoms with van der Waals surface area (Å²) in [6.45, 7) is 0. The SMILES string of the molecule is O=C(NC(NC(=S)Nc1cccc2ccccc12)C(Br)(Br)Br)c1ccccc1. The van der Waals surface area contributed by atoms with E-state index in [4.69, 9.17) is 12.2 Å². The lowest BCUT2D eigenvalue weighted by atomic mass is 10.1. The third-order valence-corrected chi connectivity index (χ3v) is 5.55. The summed E-state index contributed by atoms with van der Waals surface area (Å²) in [5.74, 6) is -0.228. The first kappa shape index (κ1) is 21.2. The molecule has 0 saturated heterocycles. The van der Waals surface area contributed by atoms with Crippen molar-refractivity contribution in [1.82, 2.24) is 10.6 Å². The molecule has 3 aromatic carbocycles. The van der Waals surface area contributed by atoms with Gasteiger partial charge in [0, 0.05) is 16.6 Å². The maximum absolute atomic E-state index is 12.5. The maximum Gasteiger partial charge on any atom is 0.252 e. The van der Waals surface area contributed by atoms with E-state index in [9.17, 15) is 4.79 Å². The fourth-order valence-electron chi connectivity index (χ4n) is 2.63.